The van der Waals surface area contributed by atoms with Crippen LogP contribution in [-0.4, -0.2) is 28.3 Å². The molecule has 3 heteroatoms. The minimum Gasteiger partial charge on any atom is -0.393 e. The van der Waals surface area contributed by atoms with Crippen molar-refractivity contribution in [2.45, 2.75) is 49.6 Å². The van der Waals surface area contributed by atoms with Gasteiger partial charge in [0.2, 0.25) is 0 Å². The highest BCUT2D eigenvalue weighted by molar-refractivity contribution is 8.00. The zero-order valence-electron chi connectivity index (χ0n) is 11.3. The molecular formula is C16H23NOS. The second-order valence-electron chi connectivity index (χ2n) is 5.77. The average Bonchev–Trinajstić information content (AvgIpc) is 2.76. The van der Waals surface area contributed by atoms with E-state index in [9.17, 15) is 5.11 Å². The van der Waals surface area contributed by atoms with Crippen molar-refractivity contribution in [2.75, 3.05) is 5.75 Å². The molecule has 1 aliphatic carbocycles. The molecule has 3 rings (SSSR count). The van der Waals surface area contributed by atoms with Crippen LogP contribution < -0.4 is 5.32 Å². The molecule has 1 aromatic carbocycles. The largest absolute Gasteiger partial charge is 0.393 e. The smallest absolute Gasteiger partial charge is 0.0594 e. The number of aliphatic hydroxyl groups is 1. The molecule has 0 radical (unpaired) electrons. The van der Waals surface area contributed by atoms with Crippen LogP contribution in [0.2, 0.25) is 0 Å². The number of rotatable bonds is 3. The molecule has 2 aliphatic rings. The molecule has 1 aromatic rings. The van der Waals surface area contributed by atoms with Gasteiger partial charge in [-0.3, -0.25) is 0 Å². The van der Waals surface area contributed by atoms with E-state index in [1.165, 1.54) is 24.8 Å². The first-order chi connectivity index (χ1) is 9.34. The Kier molecular flexibility index (Phi) is 4.46. The lowest BCUT2D eigenvalue weighted by molar-refractivity contribution is 0.0892. The van der Waals surface area contributed by atoms with Crippen LogP contribution in [0.15, 0.2) is 30.3 Å². The summed E-state index contributed by atoms with van der Waals surface area (Å²) >= 11 is 2.06. The van der Waals surface area contributed by atoms with Gasteiger partial charge in [-0.15, -0.1) is 0 Å². The van der Waals surface area contributed by atoms with Crippen LogP contribution in [0.1, 0.15) is 31.2 Å². The van der Waals surface area contributed by atoms with Gasteiger partial charge in [-0.25, -0.2) is 0 Å². The summed E-state index contributed by atoms with van der Waals surface area (Å²) in [5.41, 5.74) is 1.33. The van der Waals surface area contributed by atoms with Gasteiger partial charge in [0.1, 0.15) is 0 Å². The minimum absolute atomic E-state index is 0.101. The Bertz CT molecular complexity index is 397. The van der Waals surface area contributed by atoms with Crippen LogP contribution in [0.4, 0.5) is 0 Å². The molecule has 4 atom stereocenters. The summed E-state index contributed by atoms with van der Waals surface area (Å²) in [5.74, 6) is 1.61. The molecule has 104 valence electrons. The van der Waals surface area contributed by atoms with Crippen LogP contribution >= 0.6 is 11.8 Å². The van der Waals surface area contributed by atoms with Crippen LogP contribution in [0.5, 0.6) is 0 Å². The van der Waals surface area contributed by atoms with Crippen molar-refractivity contribution in [3.05, 3.63) is 35.9 Å². The molecule has 1 aliphatic heterocycles. The highest BCUT2D eigenvalue weighted by Crippen LogP contribution is 2.41. The van der Waals surface area contributed by atoms with Gasteiger partial charge >= 0.3 is 0 Å². The number of benzene rings is 1. The maximum absolute atomic E-state index is 10.4. The molecule has 2 fully saturated rings. The summed E-state index contributed by atoms with van der Waals surface area (Å²) in [5, 5.41) is 14.7. The highest BCUT2D eigenvalue weighted by Gasteiger charge is 2.41. The summed E-state index contributed by atoms with van der Waals surface area (Å²) in [6, 6.07) is 11.0. The van der Waals surface area contributed by atoms with Crippen molar-refractivity contribution < 1.29 is 5.11 Å². The van der Waals surface area contributed by atoms with Gasteiger partial charge in [-0.05, 0) is 18.4 Å². The first-order valence-electron chi connectivity index (χ1n) is 7.41. The fourth-order valence-corrected chi connectivity index (χ4v) is 5.15. The van der Waals surface area contributed by atoms with E-state index < -0.39 is 0 Å². The van der Waals surface area contributed by atoms with Gasteiger partial charge in [-0.1, -0.05) is 43.2 Å². The zero-order chi connectivity index (χ0) is 13.1. The van der Waals surface area contributed by atoms with Crippen molar-refractivity contribution >= 4 is 11.8 Å². The van der Waals surface area contributed by atoms with Crippen molar-refractivity contribution in [3.8, 4) is 0 Å². The van der Waals surface area contributed by atoms with Gasteiger partial charge in [0.25, 0.3) is 0 Å². The predicted molar refractivity (Wildman–Crippen MR) is 81.3 cm³/mol. The number of hydrogen-bond acceptors (Lipinski definition) is 3. The second kappa shape index (κ2) is 6.29. The maximum atomic E-state index is 10.4. The van der Waals surface area contributed by atoms with E-state index >= 15 is 0 Å². The van der Waals surface area contributed by atoms with Crippen LogP contribution in [-0.2, 0) is 6.54 Å². The topological polar surface area (TPSA) is 32.3 Å². The van der Waals surface area contributed by atoms with Crippen LogP contribution in [0.3, 0.4) is 0 Å². The van der Waals surface area contributed by atoms with Gasteiger partial charge in [-0.2, -0.15) is 11.8 Å². The molecule has 1 heterocycles. The third kappa shape index (κ3) is 3.15. The molecule has 19 heavy (non-hydrogen) atoms. The fraction of sp³-hybridized carbons (Fsp3) is 0.625. The number of fused-ring (bicyclic) bond motifs is 1. The molecule has 4 unspecified atom stereocenters. The van der Waals surface area contributed by atoms with E-state index in [2.05, 4.69) is 47.4 Å². The quantitative estimate of drug-likeness (QED) is 0.891. The molecule has 0 bridgehead atoms. The lowest BCUT2D eigenvalue weighted by Gasteiger charge is -2.27. The molecule has 0 aromatic heterocycles. The van der Waals surface area contributed by atoms with Gasteiger partial charge in [0.05, 0.1) is 6.10 Å². The standard InChI is InChI=1S/C16H23NOS/c18-14-8-4-5-9-15-16(14)13(11-19-15)17-10-12-6-2-1-3-7-12/h1-3,6-7,13-18H,4-5,8-11H2. The molecule has 2 N–H and O–H groups in total. The first kappa shape index (κ1) is 13.5. The lowest BCUT2D eigenvalue weighted by atomic mass is 9.90. The number of aliphatic hydroxyl groups excluding tert-OH is 1. The molecule has 1 saturated carbocycles. The number of nitrogens with one attached hydrogen (secondary N) is 1. The number of thioether (sulfide) groups is 1. The SMILES string of the molecule is OC1CCCCC2SCC(NCc3ccccc3)C12. The Morgan fingerprint density at radius 1 is 1.16 bits per heavy atom. The van der Waals surface area contributed by atoms with E-state index in [-0.39, 0.29) is 6.10 Å². The van der Waals surface area contributed by atoms with E-state index in [0.717, 1.165) is 18.7 Å². The Morgan fingerprint density at radius 2 is 1.95 bits per heavy atom. The van der Waals surface area contributed by atoms with Crippen LogP contribution in [0, 0.1) is 5.92 Å². The Labute approximate surface area is 120 Å². The van der Waals surface area contributed by atoms with Gasteiger partial charge in [0.15, 0.2) is 0 Å². The monoisotopic (exact) mass is 277 g/mol. The summed E-state index contributed by atoms with van der Waals surface area (Å²) in [7, 11) is 0. The Balaban J connectivity index is 1.61. The molecule has 0 spiro atoms. The molecule has 0 amide bonds. The zero-order valence-corrected chi connectivity index (χ0v) is 12.1. The predicted octanol–water partition coefficient (Wildman–Crippen LogP) is 2.81. The summed E-state index contributed by atoms with van der Waals surface area (Å²) in [6.07, 6.45) is 4.66. The van der Waals surface area contributed by atoms with E-state index in [1.54, 1.807) is 0 Å². The van der Waals surface area contributed by atoms with Crippen molar-refractivity contribution in [2.24, 2.45) is 5.92 Å². The summed E-state index contributed by atoms with van der Waals surface area (Å²) in [6.45, 7) is 0.919. The van der Waals surface area contributed by atoms with Gasteiger partial charge < -0.3 is 10.4 Å². The molecule has 1 saturated heterocycles. The number of hydrogen-bond donors (Lipinski definition) is 2. The van der Waals surface area contributed by atoms with Gasteiger partial charge in [0, 0.05) is 29.5 Å². The van der Waals surface area contributed by atoms with E-state index in [1.807, 2.05) is 0 Å². The Morgan fingerprint density at radius 3 is 2.79 bits per heavy atom. The summed E-state index contributed by atoms with van der Waals surface area (Å²) < 4.78 is 0. The van der Waals surface area contributed by atoms with E-state index in [0.29, 0.717) is 17.2 Å². The molecular weight excluding hydrogens is 254 g/mol. The maximum Gasteiger partial charge on any atom is 0.0594 e. The average molecular weight is 277 g/mol. The van der Waals surface area contributed by atoms with Crippen molar-refractivity contribution in [1.29, 1.82) is 0 Å². The van der Waals surface area contributed by atoms with Crippen molar-refractivity contribution in [3.63, 3.8) is 0 Å². The highest BCUT2D eigenvalue weighted by atomic mass is 32.2. The lowest BCUT2D eigenvalue weighted by Crippen LogP contribution is -2.42. The fourth-order valence-electron chi connectivity index (χ4n) is 3.43. The van der Waals surface area contributed by atoms with Crippen molar-refractivity contribution in [1.82, 2.24) is 5.32 Å². The minimum atomic E-state index is -0.101. The van der Waals surface area contributed by atoms with E-state index in [4.69, 9.17) is 0 Å². The van der Waals surface area contributed by atoms with Crippen LogP contribution in [0.25, 0.3) is 0 Å². The second-order valence-corrected chi connectivity index (χ2v) is 7.05. The Hall–Kier alpha value is -0.510. The normalized spacial score (nSPS) is 34.8. The third-order valence-corrected chi connectivity index (χ3v) is 6.01. The third-order valence-electron chi connectivity index (χ3n) is 4.48. The first-order valence-corrected chi connectivity index (χ1v) is 8.46. The summed E-state index contributed by atoms with van der Waals surface area (Å²) in [4.78, 5) is 0. The molecule has 2 nitrogen and oxygen atoms in total.